The fraction of sp³-hybridized carbons (Fsp3) is 0.667. The maximum Gasteiger partial charge on any atom is 0.397 e. The first-order chi connectivity index (χ1) is 4.29. The smallest absolute Gasteiger partial charge is 0.370 e. The minimum absolute atomic E-state index is 0.333. The highest BCUT2D eigenvalue weighted by Gasteiger charge is 1.93. The molecule has 0 bridgehead atoms. The molecule has 0 spiro atoms. The van der Waals surface area contributed by atoms with E-state index >= 15 is 0 Å². The lowest BCUT2D eigenvalue weighted by Crippen LogP contribution is -2.01. The number of carbonyl (C=O) groups is 1. The molecule has 0 aromatic rings. The molecule has 62 valence electrons. The van der Waals surface area contributed by atoms with Crippen LogP contribution in [0.1, 0.15) is 6.92 Å². The molecule has 0 unspecified atom stereocenters. The molecule has 0 fully saturated rings. The molecule has 3 N–H and O–H groups in total. The highest BCUT2D eigenvalue weighted by Crippen LogP contribution is 1.74. The van der Waals surface area contributed by atoms with Gasteiger partial charge in [-0.1, -0.05) is 0 Å². The number of primary amides is 1. The van der Waals surface area contributed by atoms with Crippen LogP contribution in [0.4, 0.5) is 0 Å². The van der Waals surface area contributed by atoms with Crippen molar-refractivity contribution in [1.29, 1.82) is 0 Å². The summed E-state index contributed by atoms with van der Waals surface area (Å²) in [4.78, 5) is 9.22. The lowest BCUT2D eigenvalue weighted by atomic mass is 10.8. The number of hydrogen-bond acceptors (Lipinski definition) is 4. The number of amides is 1. The van der Waals surface area contributed by atoms with Crippen molar-refractivity contribution in [2.24, 2.45) is 5.73 Å². The van der Waals surface area contributed by atoms with Crippen molar-refractivity contribution in [2.45, 2.75) is 6.92 Å². The lowest BCUT2D eigenvalue weighted by Gasteiger charge is -1.82. The molecule has 0 aromatic heterocycles. The molecule has 0 aliphatic heterocycles. The fourth-order valence-electron chi connectivity index (χ4n) is 0. The van der Waals surface area contributed by atoms with Gasteiger partial charge in [-0.15, -0.1) is 0 Å². The van der Waals surface area contributed by atoms with Gasteiger partial charge in [-0.25, -0.2) is 0 Å². The van der Waals surface area contributed by atoms with E-state index in [1.54, 1.807) is 0 Å². The van der Waals surface area contributed by atoms with E-state index in [1.165, 1.54) is 6.92 Å². The van der Waals surface area contributed by atoms with E-state index in [9.17, 15) is 13.2 Å². The Kier molecular flexibility index (Phi) is 6.21. The second kappa shape index (κ2) is 5.15. The molecule has 0 aliphatic rings. The highest BCUT2D eigenvalue weighted by molar-refractivity contribution is 7.80. The van der Waals surface area contributed by atoms with Gasteiger partial charge < -0.3 is 5.73 Å². The van der Waals surface area contributed by atoms with E-state index < -0.39 is 10.4 Å². The molecular formula is C3H9NO5S. The first-order valence-electron chi connectivity index (χ1n) is 2.08. The zero-order valence-electron chi connectivity index (χ0n) is 5.57. The van der Waals surface area contributed by atoms with Crippen LogP contribution in [-0.4, -0.2) is 26.0 Å². The fourth-order valence-corrected chi connectivity index (χ4v) is 0. The Balaban J connectivity index is 0. The third-order valence-corrected chi connectivity index (χ3v) is 0.632. The van der Waals surface area contributed by atoms with Gasteiger partial charge in [0.25, 0.3) is 0 Å². The van der Waals surface area contributed by atoms with Crippen molar-refractivity contribution in [3.05, 3.63) is 0 Å². The Bertz CT molecular complexity index is 179. The summed E-state index contributed by atoms with van der Waals surface area (Å²) in [6, 6.07) is 0. The molecular weight excluding hydrogens is 162 g/mol. The maximum atomic E-state index is 9.33. The highest BCUT2D eigenvalue weighted by atomic mass is 32.3. The molecule has 0 saturated carbocycles. The summed E-state index contributed by atoms with van der Waals surface area (Å²) in [6.45, 7) is 1.31. The van der Waals surface area contributed by atoms with Crippen LogP contribution in [0.2, 0.25) is 0 Å². The molecule has 0 saturated heterocycles. The normalized spacial score (nSPS) is 9.50. The number of hydrogen-bond donors (Lipinski definition) is 2. The maximum absolute atomic E-state index is 9.33. The lowest BCUT2D eigenvalue weighted by molar-refractivity contribution is -0.115. The molecule has 7 heteroatoms. The first-order valence-corrected chi connectivity index (χ1v) is 3.45. The van der Waals surface area contributed by atoms with E-state index in [1.807, 2.05) is 0 Å². The second-order valence-corrected chi connectivity index (χ2v) is 2.39. The predicted molar refractivity (Wildman–Crippen MR) is 33.4 cm³/mol. The summed E-state index contributed by atoms with van der Waals surface area (Å²) in [6.07, 6.45) is 0. The van der Waals surface area contributed by atoms with Crippen molar-refractivity contribution in [3.8, 4) is 0 Å². The van der Waals surface area contributed by atoms with E-state index in [0.29, 0.717) is 0 Å². The van der Waals surface area contributed by atoms with Crippen LogP contribution < -0.4 is 5.73 Å². The van der Waals surface area contributed by atoms with Crippen LogP contribution in [0.3, 0.4) is 0 Å². The van der Waals surface area contributed by atoms with Crippen molar-refractivity contribution in [1.82, 2.24) is 0 Å². The van der Waals surface area contributed by atoms with Crippen LogP contribution in [0.5, 0.6) is 0 Å². The first kappa shape index (κ1) is 12.1. The molecule has 0 heterocycles. The topological polar surface area (TPSA) is 107 Å². The molecule has 1 amide bonds. The largest absolute Gasteiger partial charge is 0.397 e. The molecule has 0 aliphatic carbocycles. The molecule has 0 aromatic carbocycles. The Morgan fingerprint density at radius 1 is 1.60 bits per heavy atom. The molecule has 0 atom stereocenters. The Labute approximate surface area is 58.9 Å². The van der Waals surface area contributed by atoms with Crippen molar-refractivity contribution in [3.63, 3.8) is 0 Å². The summed E-state index contributed by atoms with van der Waals surface area (Å²) < 4.78 is 29.7. The zero-order chi connectivity index (χ0) is 8.78. The Hall–Kier alpha value is -0.660. The minimum Gasteiger partial charge on any atom is -0.370 e. The van der Waals surface area contributed by atoms with Gasteiger partial charge in [0.15, 0.2) is 0 Å². The summed E-state index contributed by atoms with van der Waals surface area (Å²) in [5.74, 6) is -0.333. The standard InChI is InChI=1S/C2H5NO.CH4O4S/c1-2(3)4;1-5-6(2,3)4/h1H3,(H2,3,4);1H3,(H,2,3,4). The van der Waals surface area contributed by atoms with E-state index in [2.05, 4.69) is 9.92 Å². The van der Waals surface area contributed by atoms with Crippen LogP contribution in [0, 0.1) is 0 Å². The van der Waals surface area contributed by atoms with E-state index in [-0.39, 0.29) is 5.91 Å². The van der Waals surface area contributed by atoms with Crippen molar-refractivity contribution >= 4 is 16.3 Å². The van der Waals surface area contributed by atoms with Gasteiger partial charge >= 0.3 is 10.4 Å². The van der Waals surface area contributed by atoms with Gasteiger partial charge in [-0.05, 0) is 0 Å². The predicted octanol–water partition coefficient (Wildman–Crippen LogP) is -1.07. The van der Waals surface area contributed by atoms with Gasteiger partial charge in [0, 0.05) is 6.92 Å². The van der Waals surface area contributed by atoms with Gasteiger partial charge in [0.1, 0.15) is 0 Å². The zero-order valence-corrected chi connectivity index (χ0v) is 6.38. The molecule has 6 nitrogen and oxygen atoms in total. The Morgan fingerprint density at radius 2 is 1.70 bits per heavy atom. The third kappa shape index (κ3) is 53.9. The average Bonchev–Trinajstić information content (AvgIpc) is 1.63. The van der Waals surface area contributed by atoms with Crippen LogP contribution in [0.15, 0.2) is 0 Å². The number of rotatable bonds is 1. The quantitative estimate of drug-likeness (QED) is 0.488. The van der Waals surface area contributed by atoms with E-state index in [4.69, 9.17) is 4.55 Å². The van der Waals surface area contributed by atoms with Gasteiger partial charge in [0.05, 0.1) is 7.11 Å². The van der Waals surface area contributed by atoms with Gasteiger partial charge in [-0.3, -0.25) is 13.5 Å². The van der Waals surface area contributed by atoms with Crippen molar-refractivity contribution in [2.75, 3.05) is 7.11 Å². The molecule has 10 heavy (non-hydrogen) atoms. The minimum atomic E-state index is -4.16. The molecule has 0 radical (unpaired) electrons. The van der Waals surface area contributed by atoms with Gasteiger partial charge in [-0.2, -0.15) is 8.42 Å². The number of nitrogens with two attached hydrogens (primary N) is 1. The van der Waals surface area contributed by atoms with Crippen molar-refractivity contribution < 1.29 is 21.9 Å². The summed E-state index contributed by atoms with van der Waals surface area (Å²) in [5, 5.41) is 0. The van der Waals surface area contributed by atoms with E-state index in [0.717, 1.165) is 7.11 Å². The molecule has 0 rings (SSSR count). The second-order valence-electron chi connectivity index (χ2n) is 1.21. The van der Waals surface area contributed by atoms with Crippen LogP contribution in [-0.2, 0) is 19.4 Å². The van der Waals surface area contributed by atoms with Crippen LogP contribution >= 0.6 is 0 Å². The Morgan fingerprint density at radius 3 is 1.70 bits per heavy atom. The summed E-state index contributed by atoms with van der Waals surface area (Å²) >= 11 is 0. The SMILES string of the molecule is CC(N)=O.COS(=O)(=O)O. The number of carbonyl (C=O) groups excluding carboxylic acids is 1. The third-order valence-electron chi connectivity index (χ3n) is 0.211. The average molecular weight is 171 g/mol. The summed E-state index contributed by atoms with van der Waals surface area (Å²) in [7, 11) is -3.29. The van der Waals surface area contributed by atoms with Gasteiger partial charge in [0.2, 0.25) is 5.91 Å². The summed E-state index contributed by atoms with van der Waals surface area (Å²) in [5.41, 5.74) is 4.47. The monoisotopic (exact) mass is 171 g/mol. The van der Waals surface area contributed by atoms with Crippen LogP contribution in [0.25, 0.3) is 0 Å².